The van der Waals surface area contributed by atoms with Gasteiger partial charge in [-0.05, 0) is 12.1 Å². The lowest BCUT2D eigenvalue weighted by Gasteiger charge is -2.13. The molecule has 0 atom stereocenters. The predicted octanol–water partition coefficient (Wildman–Crippen LogP) is 2.92. The van der Waals surface area contributed by atoms with Crippen LogP contribution in [0.1, 0.15) is 11.3 Å². The molecule has 0 spiro atoms. The van der Waals surface area contributed by atoms with E-state index in [9.17, 15) is 13.9 Å². The third kappa shape index (κ3) is 2.10. The van der Waals surface area contributed by atoms with Crippen LogP contribution in [-0.2, 0) is 13.0 Å². The van der Waals surface area contributed by atoms with E-state index in [1.165, 1.54) is 31.3 Å². The van der Waals surface area contributed by atoms with Crippen molar-refractivity contribution in [1.29, 1.82) is 0 Å². The van der Waals surface area contributed by atoms with Crippen LogP contribution in [0, 0.1) is 0 Å². The minimum Gasteiger partial charge on any atom is -0.493 e. The van der Waals surface area contributed by atoms with E-state index in [0.29, 0.717) is 5.02 Å². The Bertz CT molecular complexity index is 517. The van der Waals surface area contributed by atoms with Crippen LogP contribution in [0.4, 0.5) is 8.78 Å². The Morgan fingerprint density at radius 3 is 2.35 bits per heavy atom. The molecular formula is C11H9ClF2N2O. The molecule has 1 aromatic heterocycles. The number of hydrogen-bond donors (Lipinski definition) is 1. The van der Waals surface area contributed by atoms with Crippen molar-refractivity contribution < 1.29 is 13.9 Å². The quantitative estimate of drug-likeness (QED) is 0.899. The highest BCUT2D eigenvalue weighted by atomic mass is 35.5. The van der Waals surface area contributed by atoms with Crippen LogP contribution in [0.3, 0.4) is 0 Å². The van der Waals surface area contributed by atoms with E-state index >= 15 is 0 Å². The van der Waals surface area contributed by atoms with Gasteiger partial charge in [0.2, 0.25) is 5.88 Å². The molecule has 2 rings (SSSR count). The average Bonchev–Trinajstić information content (AvgIpc) is 2.60. The van der Waals surface area contributed by atoms with Crippen molar-refractivity contribution in [3.63, 3.8) is 0 Å². The Balaban J connectivity index is 2.45. The Kier molecular flexibility index (Phi) is 2.79. The first-order chi connectivity index (χ1) is 7.91. The molecule has 0 unspecified atom stereocenters. The zero-order chi connectivity index (χ0) is 12.6. The highest BCUT2D eigenvalue weighted by Gasteiger charge is 2.37. The van der Waals surface area contributed by atoms with Crippen molar-refractivity contribution in [1.82, 2.24) is 9.78 Å². The number of benzene rings is 1. The summed E-state index contributed by atoms with van der Waals surface area (Å²) in [5, 5.41) is 13.2. The lowest BCUT2D eigenvalue weighted by molar-refractivity contribution is 0.0374. The third-order valence-corrected chi connectivity index (χ3v) is 2.64. The van der Waals surface area contributed by atoms with E-state index < -0.39 is 11.6 Å². The van der Waals surface area contributed by atoms with Crippen molar-refractivity contribution in [3.8, 4) is 5.88 Å². The van der Waals surface area contributed by atoms with Gasteiger partial charge in [-0.2, -0.15) is 13.9 Å². The number of rotatable bonds is 2. The number of aryl methyl sites for hydroxylation is 1. The first-order valence-electron chi connectivity index (χ1n) is 4.78. The summed E-state index contributed by atoms with van der Waals surface area (Å²) in [6.45, 7) is 0. The number of aromatic nitrogens is 2. The Morgan fingerprint density at radius 2 is 1.88 bits per heavy atom. The van der Waals surface area contributed by atoms with Crippen molar-refractivity contribution in [2.45, 2.75) is 5.92 Å². The van der Waals surface area contributed by atoms with Gasteiger partial charge in [-0.15, -0.1) is 0 Å². The summed E-state index contributed by atoms with van der Waals surface area (Å²) in [5.74, 6) is -3.57. The van der Waals surface area contributed by atoms with Crippen molar-refractivity contribution in [3.05, 3.63) is 46.6 Å². The van der Waals surface area contributed by atoms with Gasteiger partial charge in [-0.25, -0.2) is 4.68 Å². The van der Waals surface area contributed by atoms with E-state index in [4.69, 9.17) is 11.6 Å². The second kappa shape index (κ2) is 4.00. The Hall–Kier alpha value is -1.62. The third-order valence-electron chi connectivity index (χ3n) is 2.38. The molecule has 0 saturated heterocycles. The summed E-state index contributed by atoms with van der Waals surface area (Å²) in [6.07, 6.45) is 0. The molecule has 17 heavy (non-hydrogen) atoms. The maximum Gasteiger partial charge on any atom is 0.316 e. The molecule has 0 aliphatic rings. The van der Waals surface area contributed by atoms with Gasteiger partial charge < -0.3 is 5.11 Å². The van der Waals surface area contributed by atoms with Crippen molar-refractivity contribution in [2.75, 3.05) is 0 Å². The van der Waals surface area contributed by atoms with Crippen LogP contribution in [-0.4, -0.2) is 14.9 Å². The molecule has 1 N–H and O–H groups in total. The lowest BCUT2D eigenvalue weighted by atomic mass is 10.1. The van der Waals surface area contributed by atoms with Gasteiger partial charge in [0.15, 0.2) is 0 Å². The smallest absolute Gasteiger partial charge is 0.316 e. The number of alkyl halides is 2. The molecule has 1 aromatic carbocycles. The van der Waals surface area contributed by atoms with E-state index in [2.05, 4.69) is 5.10 Å². The zero-order valence-electron chi connectivity index (χ0n) is 8.86. The number of aromatic hydroxyl groups is 1. The van der Waals surface area contributed by atoms with Gasteiger partial charge in [-0.1, -0.05) is 23.7 Å². The fourth-order valence-corrected chi connectivity index (χ4v) is 1.54. The van der Waals surface area contributed by atoms with E-state index in [1.807, 2.05) is 0 Å². The fourth-order valence-electron chi connectivity index (χ4n) is 1.42. The summed E-state index contributed by atoms with van der Waals surface area (Å²) >= 11 is 5.63. The predicted molar refractivity (Wildman–Crippen MR) is 59.3 cm³/mol. The van der Waals surface area contributed by atoms with Crippen molar-refractivity contribution >= 4 is 11.6 Å². The molecule has 0 aliphatic heterocycles. The second-order valence-corrected chi connectivity index (χ2v) is 4.03. The first-order valence-corrected chi connectivity index (χ1v) is 5.16. The summed E-state index contributed by atoms with van der Waals surface area (Å²) in [7, 11) is 1.39. The fraction of sp³-hybridized carbons (Fsp3) is 0.182. The summed E-state index contributed by atoms with van der Waals surface area (Å²) in [5.41, 5.74) is -0.722. The zero-order valence-corrected chi connectivity index (χ0v) is 9.62. The minimum absolute atomic E-state index is 0.222. The molecule has 6 heteroatoms. The number of halogens is 3. The van der Waals surface area contributed by atoms with Crippen LogP contribution in [0.2, 0.25) is 5.02 Å². The maximum absolute atomic E-state index is 14.0. The molecule has 1 heterocycles. The second-order valence-electron chi connectivity index (χ2n) is 3.59. The molecule has 0 amide bonds. The Labute approximate surface area is 101 Å². The standard InChI is InChI=1S/C11H9ClF2N2O/c1-16-10(17)6-9(15-16)11(13,14)7-2-4-8(12)5-3-7/h2-6,17H,1H3. The van der Waals surface area contributed by atoms with E-state index in [0.717, 1.165) is 10.7 Å². The van der Waals surface area contributed by atoms with Gasteiger partial charge in [-0.3, -0.25) is 0 Å². The Morgan fingerprint density at radius 1 is 1.29 bits per heavy atom. The SMILES string of the molecule is Cn1nc(C(F)(F)c2ccc(Cl)cc2)cc1O. The number of hydrogen-bond acceptors (Lipinski definition) is 2. The monoisotopic (exact) mass is 258 g/mol. The largest absolute Gasteiger partial charge is 0.493 e. The molecule has 90 valence electrons. The van der Waals surface area contributed by atoms with E-state index in [-0.39, 0.29) is 11.4 Å². The molecule has 0 aliphatic carbocycles. The first kappa shape index (κ1) is 11.9. The summed E-state index contributed by atoms with van der Waals surface area (Å²) in [6, 6.07) is 6.16. The molecule has 2 aromatic rings. The minimum atomic E-state index is -3.26. The van der Waals surface area contributed by atoms with Crippen LogP contribution >= 0.6 is 11.6 Å². The van der Waals surface area contributed by atoms with Crippen LogP contribution in [0.25, 0.3) is 0 Å². The molecule has 3 nitrogen and oxygen atoms in total. The van der Waals surface area contributed by atoms with Gasteiger partial charge in [0, 0.05) is 23.7 Å². The normalized spacial score (nSPS) is 11.8. The van der Waals surface area contributed by atoms with Gasteiger partial charge in [0.05, 0.1) is 0 Å². The van der Waals surface area contributed by atoms with Gasteiger partial charge >= 0.3 is 5.92 Å². The molecule has 0 saturated carbocycles. The van der Waals surface area contributed by atoms with Crippen molar-refractivity contribution in [2.24, 2.45) is 7.05 Å². The molecule has 0 radical (unpaired) electrons. The van der Waals surface area contributed by atoms with Gasteiger partial charge in [0.25, 0.3) is 0 Å². The van der Waals surface area contributed by atoms with Crippen LogP contribution in [0.15, 0.2) is 30.3 Å². The van der Waals surface area contributed by atoms with Gasteiger partial charge in [0.1, 0.15) is 5.69 Å². The summed E-state index contributed by atoms with van der Waals surface area (Å²) < 4.78 is 29.0. The highest BCUT2D eigenvalue weighted by molar-refractivity contribution is 6.30. The van der Waals surface area contributed by atoms with E-state index in [1.54, 1.807) is 0 Å². The highest BCUT2D eigenvalue weighted by Crippen LogP contribution is 2.36. The van der Waals surface area contributed by atoms with Crippen LogP contribution < -0.4 is 0 Å². The maximum atomic E-state index is 14.0. The molecule has 0 fully saturated rings. The molecular weight excluding hydrogens is 250 g/mol. The number of nitrogens with zero attached hydrogens (tertiary/aromatic N) is 2. The van der Waals surface area contributed by atoms with Crippen LogP contribution in [0.5, 0.6) is 5.88 Å². The molecule has 0 bridgehead atoms. The lowest BCUT2D eigenvalue weighted by Crippen LogP contribution is -2.16. The average molecular weight is 259 g/mol. The topological polar surface area (TPSA) is 38.0 Å². The summed E-state index contributed by atoms with van der Waals surface area (Å²) in [4.78, 5) is 0.